The first-order valence-electron chi connectivity index (χ1n) is 8.34. The second-order valence-corrected chi connectivity index (χ2v) is 6.57. The number of ether oxygens (including phenoxy) is 1. The zero-order chi connectivity index (χ0) is 19.9. The van der Waals surface area contributed by atoms with Crippen LogP contribution in [0.3, 0.4) is 0 Å². The van der Waals surface area contributed by atoms with Crippen molar-refractivity contribution in [2.75, 3.05) is 17.2 Å². The minimum Gasteiger partial charge on any atom is -0.491 e. The van der Waals surface area contributed by atoms with Crippen LogP contribution in [0.5, 0.6) is 5.75 Å². The van der Waals surface area contributed by atoms with Gasteiger partial charge in [0.2, 0.25) is 5.91 Å². The van der Waals surface area contributed by atoms with Crippen molar-refractivity contribution in [2.45, 2.75) is 6.42 Å². The zero-order valence-electron chi connectivity index (χ0n) is 14.6. The molecule has 28 heavy (non-hydrogen) atoms. The molecule has 6 nitrogen and oxygen atoms in total. The highest BCUT2D eigenvalue weighted by molar-refractivity contribution is 6.34. The van der Waals surface area contributed by atoms with Crippen LogP contribution in [-0.2, 0) is 4.79 Å². The molecule has 0 fully saturated rings. The fraction of sp³-hybridized carbons (Fsp3) is 0.100. The second-order valence-electron chi connectivity index (χ2n) is 5.73. The SMILES string of the molecule is O=C(CCOc1cc(Cl)ccc1Cl)Nc1ccc(NC(=O)c2ccco2)cc1. The van der Waals surface area contributed by atoms with E-state index in [-0.39, 0.29) is 30.6 Å². The lowest BCUT2D eigenvalue weighted by molar-refractivity contribution is -0.116. The summed E-state index contributed by atoms with van der Waals surface area (Å²) in [5, 5.41) is 6.38. The van der Waals surface area contributed by atoms with Crippen LogP contribution in [0.1, 0.15) is 17.0 Å². The average molecular weight is 419 g/mol. The lowest BCUT2D eigenvalue weighted by Crippen LogP contribution is -2.15. The topological polar surface area (TPSA) is 80.6 Å². The molecule has 0 unspecified atom stereocenters. The second kappa shape index (κ2) is 9.30. The summed E-state index contributed by atoms with van der Waals surface area (Å²) < 4.78 is 10.5. The monoisotopic (exact) mass is 418 g/mol. The maximum atomic E-state index is 12.0. The van der Waals surface area contributed by atoms with E-state index >= 15 is 0 Å². The fourth-order valence-corrected chi connectivity index (χ4v) is 2.64. The van der Waals surface area contributed by atoms with Crippen molar-refractivity contribution in [1.82, 2.24) is 0 Å². The molecule has 0 saturated carbocycles. The molecule has 0 aliphatic heterocycles. The summed E-state index contributed by atoms with van der Waals surface area (Å²) >= 11 is 11.9. The predicted octanol–water partition coefficient (Wildman–Crippen LogP) is 5.25. The Hall–Kier alpha value is -2.96. The number of hydrogen-bond donors (Lipinski definition) is 2. The molecule has 3 rings (SSSR count). The van der Waals surface area contributed by atoms with Crippen LogP contribution in [-0.4, -0.2) is 18.4 Å². The number of hydrogen-bond acceptors (Lipinski definition) is 4. The van der Waals surface area contributed by atoms with Gasteiger partial charge < -0.3 is 19.8 Å². The van der Waals surface area contributed by atoms with Gasteiger partial charge in [0.1, 0.15) is 5.75 Å². The van der Waals surface area contributed by atoms with E-state index in [0.29, 0.717) is 27.2 Å². The number of benzene rings is 2. The number of amides is 2. The van der Waals surface area contributed by atoms with E-state index in [2.05, 4.69) is 10.6 Å². The molecule has 144 valence electrons. The molecule has 0 spiro atoms. The first-order chi connectivity index (χ1) is 13.5. The van der Waals surface area contributed by atoms with Crippen LogP contribution in [0.25, 0.3) is 0 Å². The summed E-state index contributed by atoms with van der Waals surface area (Å²) in [5.41, 5.74) is 1.18. The number of halogens is 2. The molecule has 0 aliphatic carbocycles. The molecule has 2 amide bonds. The molecule has 0 atom stereocenters. The molecule has 0 aliphatic rings. The van der Waals surface area contributed by atoms with E-state index in [9.17, 15) is 9.59 Å². The van der Waals surface area contributed by atoms with Gasteiger partial charge in [0, 0.05) is 22.5 Å². The number of nitrogens with one attached hydrogen (secondary N) is 2. The van der Waals surface area contributed by atoms with Crippen molar-refractivity contribution in [3.8, 4) is 5.75 Å². The van der Waals surface area contributed by atoms with Gasteiger partial charge in [-0.05, 0) is 48.5 Å². The summed E-state index contributed by atoms with van der Waals surface area (Å²) in [4.78, 5) is 24.0. The van der Waals surface area contributed by atoms with Gasteiger partial charge in [-0.2, -0.15) is 0 Å². The quantitative estimate of drug-likeness (QED) is 0.549. The van der Waals surface area contributed by atoms with Gasteiger partial charge in [-0.3, -0.25) is 9.59 Å². The van der Waals surface area contributed by atoms with Crippen LogP contribution in [0, 0.1) is 0 Å². The molecule has 2 aromatic carbocycles. The Balaban J connectivity index is 1.46. The third kappa shape index (κ3) is 5.52. The molecule has 0 bridgehead atoms. The van der Waals surface area contributed by atoms with E-state index in [4.69, 9.17) is 32.4 Å². The molecule has 1 heterocycles. The largest absolute Gasteiger partial charge is 0.491 e. The average Bonchev–Trinajstić information content (AvgIpc) is 3.21. The Bertz CT molecular complexity index is 957. The van der Waals surface area contributed by atoms with Gasteiger partial charge in [-0.1, -0.05) is 23.2 Å². The third-order valence-electron chi connectivity index (χ3n) is 3.65. The highest BCUT2D eigenvalue weighted by Gasteiger charge is 2.09. The maximum Gasteiger partial charge on any atom is 0.291 e. The number of anilines is 2. The molecule has 8 heteroatoms. The van der Waals surface area contributed by atoms with Crippen molar-refractivity contribution in [3.63, 3.8) is 0 Å². The molecule has 1 aromatic heterocycles. The lowest BCUT2D eigenvalue weighted by Gasteiger charge is -2.09. The molecule has 0 radical (unpaired) electrons. The van der Waals surface area contributed by atoms with Gasteiger partial charge >= 0.3 is 0 Å². The van der Waals surface area contributed by atoms with Crippen LogP contribution in [0.4, 0.5) is 11.4 Å². The van der Waals surface area contributed by atoms with Gasteiger partial charge in [-0.15, -0.1) is 0 Å². The van der Waals surface area contributed by atoms with E-state index in [0.717, 1.165) is 0 Å². The standard InChI is InChI=1S/C20H16Cl2N2O4/c21-13-3-8-16(22)18(12-13)28-11-9-19(25)23-14-4-6-15(7-5-14)24-20(26)17-2-1-10-27-17/h1-8,10,12H,9,11H2,(H,23,25)(H,24,26). The third-order valence-corrected chi connectivity index (χ3v) is 4.20. The Morgan fingerprint density at radius 3 is 2.36 bits per heavy atom. The van der Waals surface area contributed by atoms with E-state index in [1.807, 2.05) is 0 Å². The van der Waals surface area contributed by atoms with E-state index in [1.54, 1.807) is 54.6 Å². The van der Waals surface area contributed by atoms with E-state index in [1.165, 1.54) is 6.26 Å². The number of furan rings is 1. The first-order valence-corrected chi connectivity index (χ1v) is 9.09. The van der Waals surface area contributed by atoms with Crippen molar-refractivity contribution >= 4 is 46.4 Å². The van der Waals surface area contributed by atoms with Crippen molar-refractivity contribution < 1.29 is 18.7 Å². The normalized spacial score (nSPS) is 10.4. The van der Waals surface area contributed by atoms with Crippen LogP contribution >= 0.6 is 23.2 Å². The summed E-state index contributed by atoms with van der Waals surface area (Å²) in [6.45, 7) is 0.156. The van der Waals surface area contributed by atoms with Crippen LogP contribution < -0.4 is 15.4 Å². The fourth-order valence-electron chi connectivity index (χ4n) is 2.30. The smallest absolute Gasteiger partial charge is 0.291 e. The summed E-state index contributed by atoms with van der Waals surface area (Å²) in [7, 11) is 0. The van der Waals surface area contributed by atoms with Crippen molar-refractivity contribution in [3.05, 3.63) is 76.7 Å². The van der Waals surface area contributed by atoms with Gasteiger partial charge in [-0.25, -0.2) is 0 Å². The van der Waals surface area contributed by atoms with Crippen molar-refractivity contribution in [2.24, 2.45) is 0 Å². The Morgan fingerprint density at radius 2 is 1.68 bits per heavy atom. The van der Waals surface area contributed by atoms with Gasteiger partial charge in [0.15, 0.2) is 5.76 Å². The summed E-state index contributed by atoms with van der Waals surface area (Å²) in [6, 6.07) is 14.8. The molecule has 3 aromatic rings. The number of rotatable bonds is 7. The maximum absolute atomic E-state index is 12.0. The Labute approximate surface area is 171 Å². The zero-order valence-corrected chi connectivity index (χ0v) is 16.1. The lowest BCUT2D eigenvalue weighted by atomic mass is 10.2. The van der Waals surface area contributed by atoms with E-state index < -0.39 is 0 Å². The van der Waals surface area contributed by atoms with Crippen molar-refractivity contribution in [1.29, 1.82) is 0 Å². The van der Waals surface area contributed by atoms with Crippen LogP contribution in [0.2, 0.25) is 10.0 Å². The van der Waals surface area contributed by atoms with Crippen LogP contribution in [0.15, 0.2) is 65.3 Å². The number of carbonyl (C=O) groups is 2. The Kier molecular flexibility index (Phi) is 6.57. The molecular formula is C20H16Cl2N2O4. The van der Waals surface area contributed by atoms with Gasteiger partial charge in [0.25, 0.3) is 5.91 Å². The predicted molar refractivity (Wildman–Crippen MR) is 108 cm³/mol. The minimum absolute atomic E-state index is 0.139. The molecule has 0 saturated heterocycles. The number of carbonyl (C=O) groups excluding carboxylic acids is 2. The van der Waals surface area contributed by atoms with Gasteiger partial charge in [0.05, 0.1) is 24.3 Å². The highest BCUT2D eigenvalue weighted by atomic mass is 35.5. The highest BCUT2D eigenvalue weighted by Crippen LogP contribution is 2.27. The first kappa shape index (κ1) is 19.8. The minimum atomic E-state index is -0.349. The summed E-state index contributed by atoms with van der Waals surface area (Å²) in [6.07, 6.45) is 1.57. The summed E-state index contributed by atoms with van der Waals surface area (Å²) in [5.74, 6) is 0.0833. The Morgan fingerprint density at radius 1 is 0.964 bits per heavy atom. The molecule has 2 N–H and O–H groups in total. The molecular weight excluding hydrogens is 403 g/mol.